The molecule has 0 amide bonds. The van der Waals surface area contributed by atoms with E-state index in [1.165, 1.54) is 0 Å². The average molecular weight is 287 g/mol. The van der Waals surface area contributed by atoms with E-state index >= 15 is 0 Å². The van der Waals surface area contributed by atoms with Gasteiger partial charge in [0.15, 0.2) is 0 Å². The van der Waals surface area contributed by atoms with Gasteiger partial charge in [0.25, 0.3) is 0 Å². The van der Waals surface area contributed by atoms with Crippen LogP contribution in [0.25, 0.3) is 0 Å². The monoisotopic (exact) mass is 287 g/mol. The second-order valence-corrected chi connectivity index (χ2v) is 4.93. The van der Waals surface area contributed by atoms with Crippen LogP contribution in [-0.4, -0.2) is 9.79 Å². The lowest BCUT2D eigenvalue weighted by atomic mass is 9.84. The Hall–Kier alpha value is -1.76. The number of rotatable bonds is 5. The third-order valence-electron chi connectivity index (χ3n) is 3.05. The molecule has 0 atom stereocenters. The zero-order valence-electron chi connectivity index (χ0n) is 10.7. The Morgan fingerprint density at radius 3 is 1.75 bits per heavy atom. The Kier molecular flexibility index (Phi) is 4.84. The molecule has 2 aromatic carbocycles. The summed E-state index contributed by atoms with van der Waals surface area (Å²) in [5.41, 5.74) is 0.249. The van der Waals surface area contributed by atoms with Gasteiger partial charge in [-0.3, -0.25) is 4.52 Å². The lowest BCUT2D eigenvalue weighted by molar-refractivity contribution is 0.0955. The van der Waals surface area contributed by atoms with Crippen molar-refractivity contribution in [2.45, 2.75) is 12.0 Å². The van der Waals surface area contributed by atoms with Crippen molar-refractivity contribution in [2.24, 2.45) is 0 Å². The van der Waals surface area contributed by atoms with Crippen molar-refractivity contribution in [2.75, 3.05) is 0 Å². The van der Waals surface area contributed by atoms with Gasteiger partial charge in [0.1, 0.15) is 5.60 Å². The molecule has 2 aromatic rings. The first-order valence-electron chi connectivity index (χ1n) is 6.04. The van der Waals surface area contributed by atoms with Crippen molar-refractivity contribution in [1.29, 1.82) is 5.26 Å². The van der Waals surface area contributed by atoms with Gasteiger partial charge >= 0.3 is 8.60 Å². The van der Waals surface area contributed by atoms with Crippen molar-refractivity contribution in [3.05, 3.63) is 71.8 Å². The molecule has 0 bridgehead atoms. The molecule has 0 saturated heterocycles. The van der Waals surface area contributed by atoms with Crippen LogP contribution in [0.4, 0.5) is 0 Å². The van der Waals surface area contributed by atoms with Crippen LogP contribution in [0.15, 0.2) is 60.7 Å². The van der Waals surface area contributed by atoms with E-state index in [0.29, 0.717) is 11.1 Å². The highest BCUT2D eigenvalue weighted by Gasteiger charge is 2.38. The number of hydrogen-bond donors (Lipinski definition) is 2. The number of hydrogen-bond acceptors (Lipinski definition) is 4. The molecule has 2 rings (SSSR count). The number of benzene rings is 2. The van der Waals surface area contributed by atoms with Crippen LogP contribution in [0.3, 0.4) is 0 Å². The molecule has 0 radical (unpaired) electrons. The fourth-order valence-electron chi connectivity index (χ4n) is 2.17. The SMILES string of the molecule is N#CCC(OP(O)O)(c1ccccc1)c1ccccc1. The third kappa shape index (κ3) is 3.04. The van der Waals surface area contributed by atoms with Gasteiger partial charge in [-0.15, -0.1) is 0 Å². The molecule has 0 unspecified atom stereocenters. The van der Waals surface area contributed by atoms with Crippen molar-refractivity contribution in [1.82, 2.24) is 0 Å². The first kappa shape index (κ1) is 14.6. The van der Waals surface area contributed by atoms with Gasteiger partial charge in [-0.1, -0.05) is 60.7 Å². The summed E-state index contributed by atoms with van der Waals surface area (Å²) in [7, 11) is -2.60. The summed E-state index contributed by atoms with van der Waals surface area (Å²) in [4.78, 5) is 18.7. The molecule has 0 aliphatic rings. The van der Waals surface area contributed by atoms with Crippen LogP contribution >= 0.6 is 8.60 Å². The lowest BCUT2D eigenvalue weighted by Gasteiger charge is -2.32. The first-order chi connectivity index (χ1) is 9.69. The van der Waals surface area contributed by atoms with E-state index in [4.69, 9.17) is 9.79 Å². The van der Waals surface area contributed by atoms with Crippen molar-refractivity contribution < 1.29 is 14.3 Å². The summed E-state index contributed by atoms with van der Waals surface area (Å²) in [5, 5.41) is 9.15. The standard InChI is InChI=1S/C15H14NO3P/c16-12-11-15(19-20(17)18,13-7-3-1-4-8-13)14-9-5-2-6-10-14/h1-10,17-18H,11H2. The van der Waals surface area contributed by atoms with E-state index in [1.807, 2.05) is 60.7 Å². The molecule has 0 aromatic heterocycles. The molecule has 0 aliphatic heterocycles. The maximum absolute atomic E-state index is 9.33. The highest BCUT2D eigenvalue weighted by atomic mass is 31.2. The average Bonchev–Trinajstić information content (AvgIpc) is 2.48. The van der Waals surface area contributed by atoms with E-state index < -0.39 is 14.2 Å². The largest absolute Gasteiger partial charge is 0.328 e. The minimum atomic E-state index is -2.60. The summed E-state index contributed by atoms with van der Waals surface area (Å²) in [5.74, 6) is 0. The van der Waals surface area contributed by atoms with Crippen molar-refractivity contribution in [3.63, 3.8) is 0 Å². The first-order valence-corrected chi connectivity index (χ1v) is 7.20. The molecule has 0 spiro atoms. The zero-order chi connectivity index (χ0) is 14.4. The second-order valence-electron chi connectivity index (χ2n) is 4.24. The van der Waals surface area contributed by atoms with Gasteiger partial charge in [0.2, 0.25) is 0 Å². The summed E-state index contributed by atoms with van der Waals surface area (Å²) in [6.45, 7) is 0. The highest BCUT2D eigenvalue weighted by Crippen LogP contribution is 2.45. The van der Waals surface area contributed by atoms with E-state index in [-0.39, 0.29) is 6.42 Å². The van der Waals surface area contributed by atoms with E-state index in [1.54, 1.807) is 0 Å². The lowest BCUT2D eigenvalue weighted by Crippen LogP contribution is -2.29. The Balaban J connectivity index is 2.60. The summed E-state index contributed by atoms with van der Waals surface area (Å²) < 4.78 is 5.40. The zero-order valence-corrected chi connectivity index (χ0v) is 11.6. The number of nitriles is 1. The van der Waals surface area contributed by atoms with Gasteiger partial charge in [-0.05, 0) is 11.1 Å². The summed E-state index contributed by atoms with van der Waals surface area (Å²) >= 11 is 0. The predicted molar refractivity (Wildman–Crippen MR) is 76.3 cm³/mol. The molecule has 4 nitrogen and oxygen atoms in total. The third-order valence-corrected chi connectivity index (χ3v) is 3.52. The molecular formula is C15H14NO3P. The molecule has 5 heteroatoms. The highest BCUT2D eigenvalue weighted by molar-refractivity contribution is 7.39. The molecule has 102 valence electrons. The molecule has 0 saturated carbocycles. The molecule has 0 fully saturated rings. The van der Waals surface area contributed by atoms with Crippen LogP contribution in [0, 0.1) is 11.3 Å². The normalized spacial score (nSPS) is 11.3. The topological polar surface area (TPSA) is 73.5 Å². The fourth-order valence-corrected chi connectivity index (χ4v) is 2.73. The van der Waals surface area contributed by atoms with Gasteiger partial charge in [-0.25, -0.2) is 0 Å². The maximum Gasteiger partial charge on any atom is 0.328 e. The summed E-state index contributed by atoms with van der Waals surface area (Å²) in [6, 6.07) is 20.3. The second kappa shape index (κ2) is 6.60. The summed E-state index contributed by atoms with van der Waals surface area (Å²) in [6.07, 6.45) is -0.0129. The molecule has 0 heterocycles. The van der Waals surface area contributed by atoms with E-state index in [2.05, 4.69) is 6.07 Å². The maximum atomic E-state index is 9.33. The van der Waals surface area contributed by atoms with Gasteiger partial charge in [-0.2, -0.15) is 5.26 Å². The van der Waals surface area contributed by atoms with Crippen LogP contribution in [0.5, 0.6) is 0 Å². The number of nitrogens with zero attached hydrogens (tertiary/aromatic N) is 1. The molecular weight excluding hydrogens is 273 g/mol. The van der Waals surface area contributed by atoms with E-state index in [9.17, 15) is 9.79 Å². The van der Waals surface area contributed by atoms with Crippen molar-refractivity contribution in [3.8, 4) is 6.07 Å². The Bertz CT molecular complexity index is 542. The molecule has 0 aliphatic carbocycles. The van der Waals surface area contributed by atoms with Gasteiger partial charge in [0.05, 0.1) is 12.5 Å². The van der Waals surface area contributed by atoms with Crippen molar-refractivity contribution >= 4 is 8.60 Å². The van der Waals surface area contributed by atoms with Gasteiger partial charge < -0.3 is 9.79 Å². The van der Waals surface area contributed by atoms with Crippen LogP contribution in [0.2, 0.25) is 0 Å². The fraction of sp³-hybridized carbons (Fsp3) is 0.133. The van der Waals surface area contributed by atoms with Gasteiger partial charge in [0, 0.05) is 0 Å². The van der Waals surface area contributed by atoms with E-state index in [0.717, 1.165) is 0 Å². The molecule has 20 heavy (non-hydrogen) atoms. The minimum absolute atomic E-state index is 0.0129. The Morgan fingerprint density at radius 2 is 1.40 bits per heavy atom. The minimum Gasteiger partial charge on any atom is -0.328 e. The quantitative estimate of drug-likeness (QED) is 0.829. The Labute approximate surface area is 118 Å². The van der Waals surface area contributed by atoms with Crippen LogP contribution < -0.4 is 0 Å². The predicted octanol–water partition coefficient (Wildman–Crippen LogP) is 3.07. The smallest absolute Gasteiger partial charge is 0.328 e. The molecule has 2 N–H and O–H groups in total. The van der Waals surface area contributed by atoms with Crippen LogP contribution in [-0.2, 0) is 10.1 Å². The van der Waals surface area contributed by atoms with Crippen LogP contribution in [0.1, 0.15) is 17.5 Å². The Morgan fingerprint density at radius 1 is 0.950 bits per heavy atom.